The molecule has 1 rings (SSSR count). The van der Waals surface area contributed by atoms with Crippen LogP contribution in [0.15, 0.2) is 30.3 Å². The second-order valence-electron chi connectivity index (χ2n) is 2.17. The lowest BCUT2D eigenvalue weighted by Crippen LogP contribution is -2.41. The van der Waals surface area contributed by atoms with E-state index in [4.69, 9.17) is 17.0 Å². The zero-order valence-electron chi connectivity index (χ0n) is 5.63. The van der Waals surface area contributed by atoms with E-state index in [1.54, 1.807) is 0 Å². The highest BCUT2D eigenvalue weighted by molar-refractivity contribution is 6.76. The number of benzene rings is 1. The van der Waals surface area contributed by atoms with Gasteiger partial charge in [0.1, 0.15) is 0 Å². The summed E-state index contributed by atoms with van der Waals surface area (Å²) in [6.45, 7) is 0. The minimum Gasteiger partial charge on any atom is -0.349 e. The lowest BCUT2D eigenvalue weighted by atomic mass is 10.4. The molecule has 0 saturated carbocycles. The first kappa shape index (κ1) is 7.79. The van der Waals surface area contributed by atoms with Gasteiger partial charge in [0.2, 0.25) is 0 Å². The van der Waals surface area contributed by atoms with Crippen molar-refractivity contribution in [2.24, 2.45) is 5.40 Å². The Morgan fingerprint density at radius 1 is 1.30 bits per heavy atom. The lowest BCUT2D eigenvalue weighted by molar-refractivity contribution is 1.68. The summed E-state index contributed by atoms with van der Waals surface area (Å²) in [5, 5.41) is 7.04. The second kappa shape index (κ2) is 3.76. The molecule has 0 heterocycles. The van der Waals surface area contributed by atoms with Gasteiger partial charge in [0.25, 0.3) is 0 Å². The molecule has 1 unspecified atom stereocenters. The van der Waals surface area contributed by atoms with Crippen molar-refractivity contribution >= 4 is 25.7 Å². The average molecular weight is 172 g/mol. The summed E-state index contributed by atoms with van der Waals surface area (Å²) in [6.07, 6.45) is 0. The maximum absolute atomic E-state index is 5.80. The third kappa shape index (κ3) is 1.83. The summed E-state index contributed by atoms with van der Waals surface area (Å²) >= 11 is 5.62. The van der Waals surface area contributed by atoms with Gasteiger partial charge in [-0.2, -0.15) is 0 Å². The first-order chi connectivity index (χ1) is 4.84. The van der Waals surface area contributed by atoms with Gasteiger partial charge >= 0.3 is 0 Å². The van der Waals surface area contributed by atoms with E-state index in [2.05, 4.69) is 0 Å². The Labute approximate surface area is 67.5 Å². The molecule has 54 valence electrons. The highest BCUT2D eigenvalue weighted by atomic mass is 35.5. The van der Waals surface area contributed by atoms with Crippen LogP contribution in [-0.4, -0.2) is 14.5 Å². The normalized spacial score (nSPS) is 13.0. The van der Waals surface area contributed by atoms with Crippen molar-refractivity contribution in [3.8, 4) is 0 Å². The van der Waals surface area contributed by atoms with E-state index in [1.165, 1.54) is 5.19 Å². The summed E-state index contributed by atoms with van der Waals surface area (Å²) < 4.78 is 0. The number of hydrogen-bond donors (Lipinski definition) is 1. The van der Waals surface area contributed by atoms with Crippen LogP contribution in [0.1, 0.15) is 0 Å². The van der Waals surface area contributed by atoms with E-state index >= 15 is 0 Å². The minimum absolute atomic E-state index is 0.615. The summed E-state index contributed by atoms with van der Waals surface area (Å²) in [5.74, 6) is 0. The largest absolute Gasteiger partial charge is 0.349 e. The number of halogens is 1. The van der Waals surface area contributed by atoms with Gasteiger partial charge in [-0.25, -0.2) is 0 Å². The smallest absolute Gasteiger partial charge is 0.153 e. The molecule has 0 spiro atoms. The first-order valence-electron chi connectivity index (χ1n) is 3.21. The molecule has 0 saturated heterocycles. The van der Waals surface area contributed by atoms with Crippen molar-refractivity contribution in [3.05, 3.63) is 30.3 Å². The summed E-state index contributed by atoms with van der Waals surface area (Å²) in [4.78, 5) is 0. The highest BCUT2D eigenvalue weighted by Crippen LogP contribution is 1.85. The molecule has 0 amide bonds. The molecule has 0 bridgehead atoms. The molecule has 1 atom stereocenters. The maximum atomic E-state index is 5.80. The topological polar surface area (TPSA) is 26.0 Å². The van der Waals surface area contributed by atoms with E-state index in [-0.39, 0.29) is 0 Å². The van der Waals surface area contributed by atoms with E-state index in [9.17, 15) is 0 Å². The Morgan fingerprint density at radius 2 is 1.90 bits per heavy atom. The van der Waals surface area contributed by atoms with Crippen LogP contribution in [0, 0.1) is 0 Å². The lowest BCUT2D eigenvalue weighted by Gasteiger charge is -2.03. The molecule has 1 aromatic rings. The fraction of sp³-hybridized carbons (Fsp3) is 0.143. The monoisotopic (exact) mass is 171 g/mol. The molecule has 0 aliphatic carbocycles. The molecular weight excluding hydrogens is 162 g/mol. The summed E-state index contributed by atoms with van der Waals surface area (Å²) in [5.41, 5.74) is 0.615. The average Bonchev–Trinajstić information content (AvgIpc) is 2.05. The second-order valence-corrected chi connectivity index (χ2v) is 5.29. The Hall–Kier alpha value is -0.313. The molecule has 0 aromatic heterocycles. The predicted octanol–water partition coefficient (Wildman–Crippen LogP) is 0.354. The fourth-order valence-electron chi connectivity index (χ4n) is 0.789. The maximum Gasteiger partial charge on any atom is 0.153 e. The summed E-state index contributed by atoms with van der Waals surface area (Å²) in [6, 6.07) is 10.1. The molecule has 0 fully saturated rings. The van der Waals surface area contributed by atoms with Gasteiger partial charge < -0.3 is 5.40 Å². The van der Waals surface area contributed by atoms with Crippen molar-refractivity contribution in [2.45, 2.75) is 0 Å². The van der Waals surface area contributed by atoms with Crippen LogP contribution in [-0.2, 0) is 0 Å². The zero-order valence-corrected chi connectivity index (χ0v) is 7.54. The third-order valence-corrected chi connectivity index (χ3v) is 3.97. The van der Waals surface area contributed by atoms with Crippen molar-refractivity contribution in [1.29, 1.82) is 0 Å². The van der Waals surface area contributed by atoms with Gasteiger partial charge in [0.05, 0.1) is 0 Å². The van der Waals surface area contributed by atoms with Crippen molar-refractivity contribution in [3.63, 3.8) is 0 Å². The van der Waals surface area contributed by atoms with E-state index in [1.807, 2.05) is 30.3 Å². The van der Waals surface area contributed by atoms with E-state index in [0.29, 0.717) is 5.50 Å². The van der Waals surface area contributed by atoms with Crippen molar-refractivity contribution in [1.82, 2.24) is 0 Å². The predicted molar refractivity (Wildman–Crippen MR) is 48.1 cm³/mol. The fourth-order valence-corrected chi connectivity index (χ4v) is 2.22. The number of alkyl halides is 1. The Balaban J connectivity index is 2.75. The molecular formula is C7H10ClNSi. The molecule has 1 nitrogen and oxygen atoms in total. The van der Waals surface area contributed by atoms with Crippen molar-refractivity contribution in [2.75, 3.05) is 5.50 Å². The van der Waals surface area contributed by atoms with Gasteiger partial charge in [0, 0.05) is 5.50 Å². The molecule has 0 aliphatic rings. The third-order valence-electron chi connectivity index (χ3n) is 1.39. The Kier molecular flexibility index (Phi) is 2.93. The molecule has 0 aliphatic heterocycles. The molecule has 3 heteroatoms. The number of nitrogens with two attached hydrogens (primary N) is 1. The van der Waals surface area contributed by atoms with Crippen LogP contribution in [0.2, 0.25) is 0 Å². The van der Waals surface area contributed by atoms with Gasteiger partial charge in [-0.3, -0.25) is 0 Å². The highest BCUT2D eigenvalue weighted by Gasteiger charge is 2.03. The van der Waals surface area contributed by atoms with Crippen molar-refractivity contribution < 1.29 is 0 Å². The van der Waals surface area contributed by atoms with Crippen LogP contribution in [0.3, 0.4) is 0 Å². The summed E-state index contributed by atoms with van der Waals surface area (Å²) in [7, 11) is -1.27. The van der Waals surface area contributed by atoms with E-state index < -0.39 is 8.96 Å². The molecule has 1 aromatic carbocycles. The number of hydrogen-bond acceptors (Lipinski definition) is 1. The molecule has 2 N–H and O–H groups in total. The van der Waals surface area contributed by atoms with Crippen LogP contribution >= 0.6 is 11.6 Å². The zero-order chi connectivity index (χ0) is 7.40. The first-order valence-corrected chi connectivity index (χ1v) is 5.80. The Bertz CT molecular complexity index is 190. The van der Waals surface area contributed by atoms with Crippen LogP contribution < -0.4 is 10.6 Å². The van der Waals surface area contributed by atoms with Gasteiger partial charge in [-0.15, -0.1) is 11.6 Å². The SMILES string of the molecule is N[SiH](CCl)c1ccccc1. The standard InChI is InChI=1S/C7H10ClNSi/c8-6-10(9)7-4-2-1-3-5-7/h1-5,10H,6,9H2. The van der Waals surface area contributed by atoms with Gasteiger partial charge in [-0.05, 0) is 5.19 Å². The molecule has 0 radical (unpaired) electrons. The van der Waals surface area contributed by atoms with E-state index in [0.717, 1.165) is 0 Å². The quantitative estimate of drug-likeness (QED) is 0.505. The van der Waals surface area contributed by atoms with Crippen LogP contribution in [0.25, 0.3) is 0 Å². The molecule has 10 heavy (non-hydrogen) atoms. The van der Waals surface area contributed by atoms with Gasteiger partial charge in [0.15, 0.2) is 8.96 Å². The van der Waals surface area contributed by atoms with Crippen LogP contribution in [0.4, 0.5) is 0 Å². The Morgan fingerprint density at radius 3 is 2.40 bits per heavy atom. The number of rotatable bonds is 2. The van der Waals surface area contributed by atoms with Crippen LogP contribution in [0.5, 0.6) is 0 Å². The minimum atomic E-state index is -1.27. The van der Waals surface area contributed by atoms with Gasteiger partial charge in [-0.1, -0.05) is 30.3 Å².